The van der Waals surface area contributed by atoms with E-state index in [9.17, 15) is 9.90 Å². The van der Waals surface area contributed by atoms with Gasteiger partial charge in [-0.1, -0.05) is 12.1 Å². The van der Waals surface area contributed by atoms with Gasteiger partial charge < -0.3 is 15.7 Å². The number of likely N-dealkylation sites (tertiary alicyclic amines) is 1. The van der Waals surface area contributed by atoms with Crippen LogP contribution >= 0.6 is 0 Å². The number of hydrogen-bond donors (Lipinski definition) is 3. The first-order chi connectivity index (χ1) is 10.1. The molecule has 21 heavy (non-hydrogen) atoms. The number of benzene rings is 1. The molecule has 110 valence electrons. The second-order valence-electron chi connectivity index (χ2n) is 5.42. The van der Waals surface area contributed by atoms with Gasteiger partial charge in [-0.25, -0.2) is 0 Å². The van der Waals surface area contributed by atoms with Gasteiger partial charge in [-0.3, -0.25) is 9.89 Å². The molecule has 1 aliphatic heterocycles. The Morgan fingerprint density at radius 1 is 1.29 bits per heavy atom. The number of hydrogen-bond acceptors (Lipinski definition) is 4. The van der Waals surface area contributed by atoms with E-state index in [-0.39, 0.29) is 11.9 Å². The van der Waals surface area contributed by atoms with Crippen molar-refractivity contribution in [1.82, 2.24) is 15.1 Å². The molecular weight excluding hydrogens is 268 g/mol. The molecule has 6 heteroatoms. The fraction of sp³-hybridized carbons (Fsp3) is 0.333. The Kier molecular flexibility index (Phi) is 3.72. The predicted molar refractivity (Wildman–Crippen MR) is 78.5 cm³/mol. The Bertz CT molecular complexity index is 599. The topological polar surface area (TPSA) is 95.2 Å². The van der Waals surface area contributed by atoms with Crippen molar-refractivity contribution in [1.29, 1.82) is 0 Å². The molecule has 3 rings (SSSR count). The first-order valence-corrected chi connectivity index (χ1v) is 6.95. The van der Waals surface area contributed by atoms with Crippen molar-refractivity contribution in [2.45, 2.75) is 18.6 Å². The average Bonchev–Trinajstić information content (AvgIpc) is 3.00. The van der Waals surface area contributed by atoms with Gasteiger partial charge in [0.15, 0.2) is 0 Å². The molecule has 0 radical (unpaired) electrons. The second kappa shape index (κ2) is 5.67. The van der Waals surface area contributed by atoms with Gasteiger partial charge in [0.05, 0.1) is 12.3 Å². The normalized spacial score (nSPS) is 22.3. The predicted octanol–water partition coefficient (Wildman–Crippen LogP) is 0.611. The molecule has 1 fully saturated rings. The summed E-state index contributed by atoms with van der Waals surface area (Å²) in [4.78, 5) is 14.0. The number of β-amino-alcohol motifs (C(OH)–C–C–N with tert-alkyl or cyclic N) is 1. The van der Waals surface area contributed by atoms with Gasteiger partial charge in [0, 0.05) is 36.5 Å². The maximum absolute atomic E-state index is 12.4. The van der Waals surface area contributed by atoms with Crippen molar-refractivity contribution >= 4 is 5.91 Å². The third kappa shape index (κ3) is 2.96. The lowest BCUT2D eigenvalue weighted by molar-refractivity contribution is 0.0423. The number of aliphatic hydroxyl groups is 1. The van der Waals surface area contributed by atoms with Gasteiger partial charge in [0.25, 0.3) is 5.91 Å². The monoisotopic (exact) mass is 286 g/mol. The fourth-order valence-electron chi connectivity index (χ4n) is 2.67. The van der Waals surface area contributed by atoms with Gasteiger partial charge in [0.2, 0.25) is 0 Å². The third-order valence-corrected chi connectivity index (χ3v) is 3.71. The maximum Gasteiger partial charge on any atom is 0.253 e. The standard InChI is InChI=1S/C15H18N4O2/c16-13-5-14(20)9-19(8-13)15(21)11-3-1-10(2-4-11)12-6-17-18-7-12/h1-4,6-7,13-14,20H,5,8-9,16H2,(H,17,18). The number of carbonyl (C=O) groups excluding carboxylic acids is 1. The van der Waals surface area contributed by atoms with Crippen LogP contribution in [0, 0.1) is 0 Å². The summed E-state index contributed by atoms with van der Waals surface area (Å²) in [5, 5.41) is 16.4. The average molecular weight is 286 g/mol. The second-order valence-corrected chi connectivity index (χ2v) is 5.42. The molecular formula is C15H18N4O2. The van der Waals surface area contributed by atoms with Crippen molar-refractivity contribution in [2.75, 3.05) is 13.1 Å². The Labute approximate surface area is 122 Å². The minimum absolute atomic E-state index is 0.0945. The Morgan fingerprint density at radius 2 is 2.05 bits per heavy atom. The largest absolute Gasteiger partial charge is 0.391 e. The highest BCUT2D eigenvalue weighted by atomic mass is 16.3. The van der Waals surface area contributed by atoms with Crippen LogP contribution in [0.3, 0.4) is 0 Å². The number of carbonyl (C=O) groups is 1. The number of aromatic amines is 1. The smallest absolute Gasteiger partial charge is 0.253 e. The van der Waals surface area contributed by atoms with Crippen LogP contribution in [-0.4, -0.2) is 51.3 Å². The van der Waals surface area contributed by atoms with E-state index in [1.165, 1.54) is 0 Å². The maximum atomic E-state index is 12.4. The summed E-state index contributed by atoms with van der Waals surface area (Å²) in [5.74, 6) is -0.0945. The minimum Gasteiger partial charge on any atom is -0.391 e. The van der Waals surface area contributed by atoms with Gasteiger partial charge >= 0.3 is 0 Å². The van der Waals surface area contributed by atoms with Crippen molar-refractivity contribution in [2.24, 2.45) is 5.73 Å². The number of aliphatic hydroxyl groups excluding tert-OH is 1. The zero-order chi connectivity index (χ0) is 14.8. The number of nitrogens with zero attached hydrogens (tertiary/aromatic N) is 2. The molecule has 2 atom stereocenters. The van der Waals surface area contributed by atoms with Gasteiger partial charge in [-0.05, 0) is 24.1 Å². The zero-order valence-corrected chi connectivity index (χ0v) is 11.6. The van der Waals surface area contributed by atoms with Gasteiger partial charge in [0.1, 0.15) is 0 Å². The zero-order valence-electron chi connectivity index (χ0n) is 11.6. The van der Waals surface area contributed by atoms with Crippen LogP contribution in [0.25, 0.3) is 11.1 Å². The van der Waals surface area contributed by atoms with E-state index in [0.29, 0.717) is 25.1 Å². The highest BCUT2D eigenvalue weighted by Crippen LogP contribution is 2.19. The molecule has 1 amide bonds. The Hall–Kier alpha value is -2.18. The molecule has 2 unspecified atom stereocenters. The number of piperidine rings is 1. The molecule has 1 aliphatic rings. The summed E-state index contributed by atoms with van der Waals surface area (Å²) in [7, 11) is 0. The lowest BCUT2D eigenvalue weighted by Crippen LogP contribution is -2.51. The first kappa shape index (κ1) is 13.8. The Morgan fingerprint density at radius 3 is 2.67 bits per heavy atom. The van der Waals surface area contributed by atoms with E-state index < -0.39 is 6.10 Å². The summed E-state index contributed by atoms with van der Waals surface area (Å²) in [6, 6.07) is 7.19. The van der Waals surface area contributed by atoms with Crippen LogP contribution in [0.1, 0.15) is 16.8 Å². The lowest BCUT2D eigenvalue weighted by atomic mass is 10.0. The van der Waals surface area contributed by atoms with E-state index in [0.717, 1.165) is 11.1 Å². The first-order valence-electron chi connectivity index (χ1n) is 6.95. The summed E-state index contributed by atoms with van der Waals surface area (Å²) in [6.07, 6.45) is 3.54. The molecule has 4 N–H and O–H groups in total. The van der Waals surface area contributed by atoms with E-state index >= 15 is 0 Å². The number of amides is 1. The van der Waals surface area contributed by atoms with E-state index in [1.54, 1.807) is 29.4 Å². The van der Waals surface area contributed by atoms with Gasteiger partial charge in [-0.2, -0.15) is 5.10 Å². The number of nitrogens with two attached hydrogens (primary N) is 1. The molecule has 0 spiro atoms. The van der Waals surface area contributed by atoms with E-state index in [1.807, 2.05) is 12.1 Å². The molecule has 1 aromatic carbocycles. The minimum atomic E-state index is -0.539. The molecule has 2 aromatic rings. The molecule has 6 nitrogen and oxygen atoms in total. The highest BCUT2D eigenvalue weighted by molar-refractivity contribution is 5.94. The number of rotatable bonds is 2. The van der Waals surface area contributed by atoms with E-state index in [2.05, 4.69) is 10.2 Å². The third-order valence-electron chi connectivity index (χ3n) is 3.71. The summed E-state index contributed by atoms with van der Waals surface area (Å²) < 4.78 is 0. The number of nitrogens with one attached hydrogen (secondary N) is 1. The molecule has 0 saturated carbocycles. The van der Waals surface area contributed by atoms with E-state index in [4.69, 9.17) is 5.73 Å². The molecule has 1 saturated heterocycles. The summed E-state index contributed by atoms with van der Waals surface area (Å²) >= 11 is 0. The van der Waals surface area contributed by atoms with Crippen molar-refractivity contribution in [3.8, 4) is 11.1 Å². The summed E-state index contributed by atoms with van der Waals surface area (Å²) in [6.45, 7) is 0.829. The van der Waals surface area contributed by atoms with Crippen LogP contribution in [0.15, 0.2) is 36.7 Å². The van der Waals surface area contributed by atoms with Crippen molar-refractivity contribution < 1.29 is 9.90 Å². The van der Waals surface area contributed by atoms with Crippen LogP contribution in [0.5, 0.6) is 0 Å². The SMILES string of the molecule is NC1CC(O)CN(C(=O)c2ccc(-c3cn[nH]c3)cc2)C1. The van der Waals surface area contributed by atoms with Crippen LogP contribution in [0.2, 0.25) is 0 Å². The molecule has 1 aromatic heterocycles. The molecule has 0 aliphatic carbocycles. The molecule has 0 bridgehead atoms. The lowest BCUT2D eigenvalue weighted by Gasteiger charge is -2.34. The number of aromatic nitrogens is 2. The van der Waals surface area contributed by atoms with Crippen molar-refractivity contribution in [3.63, 3.8) is 0 Å². The van der Waals surface area contributed by atoms with Crippen LogP contribution in [0.4, 0.5) is 0 Å². The number of H-pyrrole nitrogens is 1. The summed E-state index contributed by atoms with van der Waals surface area (Å²) in [5.41, 5.74) is 8.43. The quantitative estimate of drug-likeness (QED) is 0.754. The van der Waals surface area contributed by atoms with Crippen LogP contribution < -0.4 is 5.73 Å². The fourth-order valence-corrected chi connectivity index (χ4v) is 2.67. The Balaban J connectivity index is 1.76. The van der Waals surface area contributed by atoms with Crippen molar-refractivity contribution in [3.05, 3.63) is 42.2 Å². The molecule has 2 heterocycles. The highest BCUT2D eigenvalue weighted by Gasteiger charge is 2.27. The van der Waals surface area contributed by atoms with Crippen LogP contribution in [-0.2, 0) is 0 Å². The van der Waals surface area contributed by atoms with Gasteiger partial charge in [-0.15, -0.1) is 0 Å².